The number of carbonyl (C=O) groups excluding carboxylic acids is 2. The summed E-state index contributed by atoms with van der Waals surface area (Å²) in [5, 5.41) is 22.1. The van der Waals surface area contributed by atoms with Crippen LogP contribution in [0.25, 0.3) is 0 Å². The molecule has 2 N–H and O–H groups in total. The fourth-order valence-corrected chi connectivity index (χ4v) is 4.12. The zero-order chi connectivity index (χ0) is 21.1. The number of likely N-dealkylation sites (tertiary alicyclic amines) is 2. The first kappa shape index (κ1) is 21.5. The summed E-state index contributed by atoms with van der Waals surface area (Å²) in [5.41, 5.74) is -1.08. The molecule has 160 valence electrons. The molecule has 4 atom stereocenters. The zero-order valence-electron chi connectivity index (χ0n) is 17.8. The summed E-state index contributed by atoms with van der Waals surface area (Å²) < 4.78 is 11.9. The molecule has 3 aliphatic rings. The topological polar surface area (TPSA) is 99.5 Å². The van der Waals surface area contributed by atoms with Gasteiger partial charge in [-0.3, -0.25) is 9.59 Å². The molecule has 3 aliphatic heterocycles. The lowest BCUT2D eigenvalue weighted by molar-refractivity contribution is -0.438. The lowest BCUT2D eigenvalue weighted by atomic mass is 9.88. The summed E-state index contributed by atoms with van der Waals surface area (Å²) in [6.45, 7) is 12.1. The molecule has 28 heavy (non-hydrogen) atoms. The number of aliphatic hydroxyl groups is 2. The Morgan fingerprint density at radius 2 is 1.11 bits per heavy atom. The number of rotatable bonds is 0. The molecule has 0 aromatic carbocycles. The molecule has 0 radical (unpaired) electrons. The molecule has 3 fully saturated rings. The quantitative estimate of drug-likeness (QED) is 0.623. The average Bonchev–Trinajstić information content (AvgIpc) is 2.56. The normalized spacial score (nSPS) is 36.6. The summed E-state index contributed by atoms with van der Waals surface area (Å²) in [7, 11) is 0. The van der Waals surface area contributed by atoms with Crippen molar-refractivity contribution >= 4 is 11.8 Å². The van der Waals surface area contributed by atoms with E-state index in [2.05, 4.69) is 0 Å². The fraction of sp³-hybridized carbons (Fsp3) is 0.900. The minimum absolute atomic E-state index is 0.0298. The van der Waals surface area contributed by atoms with Crippen LogP contribution in [0.2, 0.25) is 0 Å². The van der Waals surface area contributed by atoms with E-state index in [9.17, 15) is 19.8 Å². The molecule has 2 amide bonds. The third-order valence-electron chi connectivity index (χ3n) is 5.81. The van der Waals surface area contributed by atoms with Crippen LogP contribution < -0.4 is 0 Å². The van der Waals surface area contributed by atoms with Crippen molar-refractivity contribution in [1.82, 2.24) is 9.80 Å². The van der Waals surface area contributed by atoms with Gasteiger partial charge in [0.25, 0.3) is 0 Å². The Balaban J connectivity index is 1.75. The number of amides is 2. The highest BCUT2D eigenvalue weighted by atomic mass is 16.7. The SMILES string of the molecule is CC(C)(C)C(=O)N1CC[C@]2(O)O[C@H]3CN(C(=O)C(C)(C)C)CC[C@]3(O)O[C@H]2C1. The van der Waals surface area contributed by atoms with Gasteiger partial charge >= 0.3 is 0 Å². The van der Waals surface area contributed by atoms with Gasteiger partial charge in [-0.05, 0) is 0 Å². The minimum Gasteiger partial charge on any atom is -0.363 e. The maximum absolute atomic E-state index is 12.6. The molecular formula is C20H34N2O6. The van der Waals surface area contributed by atoms with Gasteiger partial charge in [0.1, 0.15) is 12.2 Å². The van der Waals surface area contributed by atoms with Gasteiger partial charge < -0.3 is 29.5 Å². The number of fused-ring (bicyclic) bond motifs is 2. The molecule has 3 rings (SSSR count). The third-order valence-corrected chi connectivity index (χ3v) is 5.81. The van der Waals surface area contributed by atoms with Gasteiger partial charge in [0.15, 0.2) is 11.6 Å². The molecule has 0 unspecified atom stereocenters. The van der Waals surface area contributed by atoms with E-state index in [0.717, 1.165) is 0 Å². The van der Waals surface area contributed by atoms with Gasteiger partial charge in [-0.15, -0.1) is 0 Å². The first-order valence-electron chi connectivity index (χ1n) is 10.0. The van der Waals surface area contributed by atoms with Gasteiger partial charge in [0.05, 0.1) is 13.1 Å². The summed E-state index contributed by atoms with van der Waals surface area (Å²) in [6.07, 6.45) is -1.28. The first-order chi connectivity index (χ1) is 12.7. The molecule has 8 nitrogen and oxygen atoms in total. The van der Waals surface area contributed by atoms with E-state index in [1.54, 1.807) is 9.80 Å². The number of hydrogen-bond acceptors (Lipinski definition) is 6. The molecule has 0 aliphatic carbocycles. The van der Waals surface area contributed by atoms with E-state index >= 15 is 0 Å². The van der Waals surface area contributed by atoms with Crippen LogP contribution in [0.5, 0.6) is 0 Å². The van der Waals surface area contributed by atoms with Crippen molar-refractivity contribution in [1.29, 1.82) is 0 Å². The Labute approximate surface area is 166 Å². The van der Waals surface area contributed by atoms with Gasteiger partial charge in [-0.25, -0.2) is 0 Å². The van der Waals surface area contributed by atoms with E-state index in [0.29, 0.717) is 13.1 Å². The number of piperidine rings is 2. The van der Waals surface area contributed by atoms with E-state index in [1.165, 1.54) is 0 Å². The number of nitrogens with zero attached hydrogens (tertiary/aromatic N) is 2. The van der Waals surface area contributed by atoms with Crippen molar-refractivity contribution in [2.24, 2.45) is 10.8 Å². The minimum atomic E-state index is -1.58. The van der Waals surface area contributed by atoms with Crippen molar-refractivity contribution in [3.05, 3.63) is 0 Å². The predicted octanol–water partition coefficient (Wildman–Crippen LogP) is 0.704. The monoisotopic (exact) mass is 398 g/mol. The maximum atomic E-state index is 12.6. The van der Waals surface area contributed by atoms with E-state index < -0.39 is 34.6 Å². The van der Waals surface area contributed by atoms with Crippen LogP contribution in [0.4, 0.5) is 0 Å². The van der Waals surface area contributed by atoms with Crippen LogP contribution in [0.3, 0.4) is 0 Å². The number of carbonyl (C=O) groups is 2. The van der Waals surface area contributed by atoms with Gasteiger partial charge in [-0.2, -0.15) is 0 Å². The van der Waals surface area contributed by atoms with E-state index in [-0.39, 0.29) is 37.7 Å². The van der Waals surface area contributed by atoms with Gasteiger partial charge in [-0.1, -0.05) is 41.5 Å². The second-order valence-electron chi connectivity index (χ2n) is 10.4. The van der Waals surface area contributed by atoms with Crippen molar-refractivity contribution < 1.29 is 29.3 Å². The molecule has 3 heterocycles. The summed E-state index contributed by atoms with van der Waals surface area (Å²) in [4.78, 5) is 28.5. The lowest BCUT2D eigenvalue weighted by Gasteiger charge is -2.57. The Morgan fingerprint density at radius 3 is 1.39 bits per heavy atom. The van der Waals surface area contributed by atoms with Crippen LogP contribution in [0.1, 0.15) is 54.4 Å². The van der Waals surface area contributed by atoms with E-state index in [1.807, 2.05) is 41.5 Å². The Kier molecular flexibility index (Phi) is 5.11. The van der Waals surface area contributed by atoms with Crippen molar-refractivity contribution in [3.8, 4) is 0 Å². The molecule has 0 spiro atoms. The van der Waals surface area contributed by atoms with Crippen molar-refractivity contribution in [3.63, 3.8) is 0 Å². The number of ether oxygens (including phenoxy) is 2. The second-order valence-corrected chi connectivity index (χ2v) is 10.4. The van der Waals surface area contributed by atoms with E-state index in [4.69, 9.17) is 9.47 Å². The maximum Gasteiger partial charge on any atom is 0.228 e. The average molecular weight is 399 g/mol. The highest BCUT2D eigenvalue weighted by molar-refractivity contribution is 5.82. The lowest BCUT2D eigenvalue weighted by Crippen LogP contribution is -2.73. The summed E-state index contributed by atoms with van der Waals surface area (Å²) >= 11 is 0. The van der Waals surface area contributed by atoms with Gasteiger partial charge in [0, 0.05) is 36.8 Å². The van der Waals surface area contributed by atoms with Crippen molar-refractivity contribution in [2.75, 3.05) is 26.2 Å². The first-order valence-corrected chi connectivity index (χ1v) is 10.0. The summed E-state index contributed by atoms with van der Waals surface area (Å²) in [5.74, 6) is -3.23. The Morgan fingerprint density at radius 1 is 0.786 bits per heavy atom. The van der Waals surface area contributed by atoms with Crippen LogP contribution in [-0.4, -0.2) is 81.8 Å². The molecule has 0 aromatic heterocycles. The van der Waals surface area contributed by atoms with Crippen LogP contribution in [-0.2, 0) is 19.1 Å². The Bertz CT molecular complexity index is 598. The van der Waals surface area contributed by atoms with Crippen LogP contribution >= 0.6 is 0 Å². The molecular weight excluding hydrogens is 364 g/mol. The summed E-state index contributed by atoms with van der Waals surface area (Å²) in [6, 6.07) is 0. The smallest absolute Gasteiger partial charge is 0.228 e. The largest absolute Gasteiger partial charge is 0.363 e. The second kappa shape index (κ2) is 6.65. The Hall–Kier alpha value is -1.22. The van der Waals surface area contributed by atoms with Crippen LogP contribution in [0.15, 0.2) is 0 Å². The fourth-order valence-electron chi connectivity index (χ4n) is 4.12. The molecule has 0 saturated carbocycles. The number of hydrogen-bond donors (Lipinski definition) is 2. The van der Waals surface area contributed by atoms with Crippen LogP contribution in [0, 0.1) is 10.8 Å². The zero-order valence-corrected chi connectivity index (χ0v) is 17.8. The highest BCUT2D eigenvalue weighted by Crippen LogP contribution is 2.42. The molecule has 0 aromatic rings. The molecule has 0 bridgehead atoms. The molecule has 3 saturated heterocycles. The molecule has 8 heteroatoms. The standard InChI is InChI=1S/C20H34N2O6/c1-17(2,3)15(23)21-9-7-19(25)13(11-21)27-20(26)8-10-22(12-14(20)28-19)16(24)18(4,5)6/h13-14,25-26H,7-12H2,1-6H3/t13-,14-,19-,20-/m0/s1. The third kappa shape index (κ3) is 3.79. The predicted molar refractivity (Wildman–Crippen MR) is 101 cm³/mol. The highest BCUT2D eigenvalue weighted by Gasteiger charge is 2.60. The van der Waals surface area contributed by atoms with Crippen molar-refractivity contribution in [2.45, 2.75) is 78.2 Å². The van der Waals surface area contributed by atoms with Gasteiger partial charge in [0.2, 0.25) is 11.8 Å².